The zero-order valence-electron chi connectivity index (χ0n) is 14.7. The number of non-ortho nitro benzene ring substituents is 1. The molecule has 0 bridgehead atoms. The van der Waals surface area contributed by atoms with E-state index < -0.39 is 11.0 Å². The molecule has 0 saturated carbocycles. The number of carbonyl (C=O) groups excluding carboxylic acids is 1. The molecule has 2 aromatic rings. The summed E-state index contributed by atoms with van der Waals surface area (Å²) in [6.07, 6.45) is 2.08. The van der Waals surface area contributed by atoms with Gasteiger partial charge in [-0.15, -0.1) is 0 Å². The van der Waals surface area contributed by atoms with Crippen LogP contribution >= 0.6 is 0 Å². The van der Waals surface area contributed by atoms with Crippen LogP contribution in [0.1, 0.15) is 18.9 Å². The smallest absolute Gasteiger partial charge is 0.321 e. The van der Waals surface area contributed by atoms with Gasteiger partial charge in [0.25, 0.3) is 5.69 Å². The second-order valence-electron chi connectivity index (χ2n) is 5.46. The van der Waals surface area contributed by atoms with Crippen LogP contribution in [-0.2, 0) is 6.42 Å². The van der Waals surface area contributed by atoms with Crippen molar-refractivity contribution in [2.75, 3.05) is 19.2 Å². The number of benzene rings is 2. The van der Waals surface area contributed by atoms with Crippen LogP contribution in [0.25, 0.3) is 0 Å². The first-order chi connectivity index (χ1) is 12.5. The van der Waals surface area contributed by atoms with Crippen molar-refractivity contribution in [1.82, 2.24) is 5.32 Å². The number of urea groups is 1. The number of hydrogen-bond donors (Lipinski definition) is 2. The average molecular weight is 359 g/mol. The molecule has 2 amide bonds. The van der Waals surface area contributed by atoms with Crippen LogP contribution in [-0.4, -0.2) is 24.8 Å². The molecule has 2 aromatic carbocycles. The number of nitro benzene ring substituents is 1. The van der Waals surface area contributed by atoms with Crippen molar-refractivity contribution in [3.8, 4) is 11.5 Å². The molecule has 0 fully saturated rings. The first-order valence-corrected chi connectivity index (χ1v) is 8.12. The molecule has 26 heavy (non-hydrogen) atoms. The van der Waals surface area contributed by atoms with Gasteiger partial charge in [0.2, 0.25) is 0 Å². The second-order valence-corrected chi connectivity index (χ2v) is 5.46. The van der Waals surface area contributed by atoms with E-state index in [0.717, 1.165) is 12.8 Å². The first kappa shape index (κ1) is 19.0. The summed E-state index contributed by atoms with van der Waals surface area (Å²) < 4.78 is 10.5. The number of ether oxygens (including phenoxy) is 2. The minimum Gasteiger partial charge on any atom is -0.495 e. The van der Waals surface area contributed by atoms with E-state index in [1.807, 2.05) is 24.3 Å². The number of nitrogens with zero attached hydrogens (tertiary/aromatic N) is 1. The zero-order valence-corrected chi connectivity index (χ0v) is 14.7. The van der Waals surface area contributed by atoms with Gasteiger partial charge in [0.05, 0.1) is 17.7 Å². The van der Waals surface area contributed by atoms with E-state index in [0.29, 0.717) is 11.5 Å². The summed E-state index contributed by atoms with van der Waals surface area (Å²) in [5.74, 6) is 0.955. The molecule has 8 nitrogen and oxygen atoms in total. The quantitative estimate of drug-likeness (QED) is 0.425. The molecule has 0 aromatic heterocycles. The Labute approximate surface area is 151 Å². The molecule has 0 saturated heterocycles. The summed E-state index contributed by atoms with van der Waals surface area (Å²) >= 11 is 0. The van der Waals surface area contributed by atoms with Crippen molar-refractivity contribution in [2.24, 2.45) is 0 Å². The van der Waals surface area contributed by atoms with E-state index in [-0.39, 0.29) is 18.1 Å². The van der Waals surface area contributed by atoms with Crippen molar-refractivity contribution in [2.45, 2.75) is 19.8 Å². The Bertz CT molecular complexity index is 762. The molecule has 0 aliphatic rings. The Balaban J connectivity index is 1.88. The highest BCUT2D eigenvalue weighted by atomic mass is 16.6. The van der Waals surface area contributed by atoms with Gasteiger partial charge in [-0.25, -0.2) is 4.79 Å². The third kappa shape index (κ3) is 5.37. The van der Waals surface area contributed by atoms with Crippen LogP contribution in [0, 0.1) is 10.1 Å². The van der Waals surface area contributed by atoms with Crippen LogP contribution in [0.5, 0.6) is 11.5 Å². The molecule has 0 unspecified atom stereocenters. The lowest BCUT2D eigenvalue weighted by Gasteiger charge is -2.12. The normalized spacial score (nSPS) is 10.1. The molecule has 0 radical (unpaired) electrons. The highest BCUT2D eigenvalue weighted by molar-refractivity contribution is 5.91. The number of hydrogen-bond acceptors (Lipinski definition) is 5. The lowest BCUT2D eigenvalue weighted by Crippen LogP contribution is -2.32. The predicted octanol–water partition coefficient (Wildman–Crippen LogP) is 3.71. The van der Waals surface area contributed by atoms with E-state index in [2.05, 4.69) is 17.6 Å². The van der Waals surface area contributed by atoms with Crippen molar-refractivity contribution >= 4 is 17.4 Å². The van der Waals surface area contributed by atoms with Crippen LogP contribution < -0.4 is 20.1 Å². The molecule has 8 heteroatoms. The first-order valence-electron chi connectivity index (χ1n) is 8.12. The monoisotopic (exact) mass is 359 g/mol. The highest BCUT2D eigenvalue weighted by Gasteiger charge is 2.13. The van der Waals surface area contributed by atoms with Gasteiger partial charge in [-0.05, 0) is 30.2 Å². The molecule has 2 rings (SSSR count). The molecule has 0 aliphatic carbocycles. The number of methoxy groups -OCH3 is 1. The number of aryl methyl sites for hydroxylation is 1. The second kappa shape index (κ2) is 9.26. The van der Waals surface area contributed by atoms with E-state index in [9.17, 15) is 14.9 Å². The van der Waals surface area contributed by atoms with Gasteiger partial charge in [0.1, 0.15) is 11.5 Å². The summed E-state index contributed by atoms with van der Waals surface area (Å²) in [5, 5.41) is 15.9. The van der Waals surface area contributed by atoms with Crippen LogP contribution in [0.15, 0.2) is 42.5 Å². The van der Waals surface area contributed by atoms with E-state index >= 15 is 0 Å². The SMILES string of the molecule is CCCc1ccc(OCNC(=O)Nc2cc([N+](=O)[O-])ccc2OC)cc1. The predicted molar refractivity (Wildman–Crippen MR) is 97.7 cm³/mol. The van der Waals surface area contributed by atoms with Crippen molar-refractivity contribution in [3.05, 3.63) is 58.1 Å². The minimum absolute atomic E-state index is 0.0454. The van der Waals surface area contributed by atoms with Gasteiger partial charge >= 0.3 is 6.03 Å². The maximum absolute atomic E-state index is 12.0. The maximum Gasteiger partial charge on any atom is 0.321 e. The van der Waals surface area contributed by atoms with E-state index in [1.165, 1.54) is 30.9 Å². The Morgan fingerprint density at radius 2 is 1.92 bits per heavy atom. The number of amides is 2. The highest BCUT2D eigenvalue weighted by Crippen LogP contribution is 2.28. The topological polar surface area (TPSA) is 103 Å². The zero-order chi connectivity index (χ0) is 18.9. The fraction of sp³-hybridized carbons (Fsp3) is 0.278. The standard InChI is InChI=1S/C18H21N3O5/c1-3-4-13-5-8-15(9-6-13)26-12-19-18(22)20-16-11-14(21(23)24)7-10-17(16)25-2/h5-11H,3-4,12H2,1-2H3,(H2,19,20,22). The summed E-state index contributed by atoms with van der Waals surface area (Å²) in [7, 11) is 1.41. The summed E-state index contributed by atoms with van der Waals surface area (Å²) in [6.45, 7) is 2.07. The summed E-state index contributed by atoms with van der Waals surface area (Å²) in [6, 6.07) is 11.0. The van der Waals surface area contributed by atoms with Gasteiger partial charge in [0.15, 0.2) is 6.73 Å². The van der Waals surface area contributed by atoms with Crippen LogP contribution in [0.3, 0.4) is 0 Å². The van der Waals surface area contributed by atoms with Gasteiger partial charge in [-0.1, -0.05) is 25.5 Å². The van der Waals surface area contributed by atoms with Crippen molar-refractivity contribution in [1.29, 1.82) is 0 Å². The molecule has 0 aliphatic heterocycles. The number of anilines is 1. The molecule has 0 atom stereocenters. The van der Waals surface area contributed by atoms with Gasteiger partial charge in [-0.2, -0.15) is 0 Å². The fourth-order valence-corrected chi connectivity index (χ4v) is 2.30. The van der Waals surface area contributed by atoms with Crippen molar-refractivity contribution < 1.29 is 19.2 Å². The van der Waals surface area contributed by atoms with Gasteiger partial charge < -0.3 is 20.1 Å². The maximum atomic E-state index is 12.0. The fourth-order valence-electron chi connectivity index (χ4n) is 2.30. The lowest BCUT2D eigenvalue weighted by atomic mass is 10.1. The van der Waals surface area contributed by atoms with Crippen molar-refractivity contribution in [3.63, 3.8) is 0 Å². The average Bonchev–Trinajstić information content (AvgIpc) is 2.63. The lowest BCUT2D eigenvalue weighted by molar-refractivity contribution is -0.384. The molecular formula is C18H21N3O5. The largest absolute Gasteiger partial charge is 0.495 e. The van der Waals surface area contributed by atoms with E-state index in [1.54, 1.807) is 0 Å². The number of nitro groups is 1. The minimum atomic E-state index is -0.564. The Morgan fingerprint density at radius 1 is 1.19 bits per heavy atom. The number of carbonyl (C=O) groups is 1. The third-order valence-corrected chi connectivity index (χ3v) is 3.58. The number of nitrogens with one attached hydrogen (secondary N) is 2. The van der Waals surface area contributed by atoms with Gasteiger partial charge in [0, 0.05) is 12.1 Å². The van der Waals surface area contributed by atoms with Gasteiger partial charge in [-0.3, -0.25) is 10.1 Å². The molecule has 0 heterocycles. The molecule has 0 spiro atoms. The van der Waals surface area contributed by atoms with Crippen LogP contribution in [0.2, 0.25) is 0 Å². The van der Waals surface area contributed by atoms with E-state index in [4.69, 9.17) is 9.47 Å². The third-order valence-electron chi connectivity index (χ3n) is 3.58. The Morgan fingerprint density at radius 3 is 2.54 bits per heavy atom. The molecular weight excluding hydrogens is 338 g/mol. The Kier molecular flexibility index (Phi) is 6.78. The molecule has 2 N–H and O–H groups in total. The van der Waals surface area contributed by atoms with Crippen LogP contribution in [0.4, 0.5) is 16.2 Å². The number of rotatable bonds is 8. The summed E-state index contributed by atoms with van der Waals surface area (Å²) in [5.41, 5.74) is 1.27. The molecule has 138 valence electrons. The Hall–Kier alpha value is -3.29. The summed E-state index contributed by atoms with van der Waals surface area (Å²) in [4.78, 5) is 22.3.